The van der Waals surface area contributed by atoms with E-state index in [-0.39, 0.29) is 5.91 Å². The minimum absolute atomic E-state index is 0.241. The van der Waals surface area contributed by atoms with Gasteiger partial charge in [-0.05, 0) is 30.2 Å². The van der Waals surface area contributed by atoms with E-state index in [9.17, 15) is 9.59 Å². The van der Waals surface area contributed by atoms with E-state index in [0.717, 1.165) is 11.1 Å². The minimum atomic E-state index is -0.649. The Morgan fingerprint density at radius 3 is 2.10 bits per heavy atom. The van der Waals surface area contributed by atoms with Gasteiger partial charge in [-0.25, -0.2) is 4.79 Å². The second kappa shape index (κ2) is 6.70. The molecule has 0 saturated heterocycles. The fourth-order valence-electron chi connectivity index (χ4n) is 1.97. The Bertz CT molecular complexity index is 620. The van der Waals surface area contributed by atoms with Crippen LogP contribution in [-0.4, -0.2) is 18.1 Å². The van der Waals surface area contributed by atoms with Gasteiger partial charge in [-0.15, -0.1) is 0 Å². The van der Waals surface area contributed by atoms with Crippen molar-refractivity contribution < 1.29 is 14.3 Å². The lowest BCUT2D eigenvalue weighted by molar-refractivity contribution is -0.121. The van der Waals surface area contributed by atoms with Gasteiger partial charge < -0.3 is 10.1 Å². The zero-order valence-electron chi connectivity index (χ0n) is 12.0. The van der Waals surface area contributed by atoms with Gasteiger partial charge in [0.25, 0.3) is 0 Å². The van der Waals surface area contributed by atoms with Crippen molar-refractivity contribution in [1.82, 2.24) is 5.32 Å². The Morgan fingerprint density at radius 1 is 0.952 bits per heavy atom. The SMILES string of the molecule is CC(=O)N[C@H](C)OC(=O)c1ccc(-c2ccccc2)cc1. The highest BCUT2D eigenvalue weighted by atomic mass is 16.6. The van der Waals surface area contributed by atoms with Crippen molar-refractivity contribution in [3.8, 4) is 11.1 Å². The average Bonchev–Trinajstić information content (AvgIpc) is 2.47. The number of benzene rings is 2. The van der Waals surface area contributed by atoms with Crippen LogP contribution in [0.15, 0.2) is 54.6 Å². The van der Waals surface area contributed by atoms with E-state index in [4.69, 9.17) is 4.74 Å². The van der Waals surface area contributed by atoms with Crippen LogP contribution in [0.4, 0.5) is 0 Å². The fourth-order valence-corrected chi connectivity index (χ4v) is 1.97. The quantitative estimate of drug-likeness (QED) is 0.693. The molecule has 0 heterocycles. The van der Waals surface area contributed by atoms with Gasteiger partial charge in [-0.2, -0.15) is 0 Å². The van der Waals surface area contributed by atoms with Crippen LogP contribution in [0.3, 0.4) is 0 Å². The topological polar surface area (TPSA) is 55.4 Å². The minimum Gasteiger partial charge on any atom is -0.438 e. The number of nitrogens with one attached hydrogen (secondary N) is 1. The maximum atomic E-state index is 11.9. The monoisotopic (exact) mass is 283 g/mol. The molecule has 0 unspecified atom stereocenters. The predicted molar refractivity (Wildman–Crippen MR) is 80.6 cm³/mol. The number of carbonyl (C=O) groups is 2. The number of carbonyl (C=O) groups excluding carboxylic acids is 2. The summed E-state index contributed by atoms with van der Waals surface area (Å²) in [6.07, 6.45) is -0.649. The summed E-state index contributed by atoms with van der Waals surface area (Å²) in [6.45, 7) is 2.98. The van der Waals surface area contributed by atoms with Crippen LogP contribution in [0.1, 0.15) is 24.2 Å². The smallest absolute Gasteiger partial charge is 0.340 e. The molecule has 2 aromatic rings. The maximum absolute atomic E-state index is 11.9. The van der Waals surface area contributed by atoms with Crippen LogP contribution in [0.2, 0.25) is 0 Å². The highest BCUT2D eigenvalue weighted by Gasteiger charge is 2.12. The highest BCUT2D eigenvalue weighted by molar-refractivity contribution is 5.90. The molecule has 1 amide bonds. The standard InChI is InChI=1S/C17H17NO3/c1-12(19)18-13(2)21-17(20)16-10-8-15(9-11-16)14-6-4-3-5-7-14/h3-11,13H,1-2H3,(H,18,19)/t13-/m0/s1. The molecule has 0 aromatic heterocycles. The van der Waals surface area contributed by atoms with Crippen molar-refractivity contribution in [1.29, 1.82) is 0 Å². The lowest BCUT2D eigenvalue weighted by Gasteiger charge is -2.13. The van der Waals surface area contributed by atoms with E-state index in [1.807, 2.05) is 42.5 Å². The molecule has 0 aliphatic heterocycles. The molecule has 0 radical (unpaired) electrons. The summed E-state index contributed by atoms with van der Waals surface area (Å²) in [5.41, 5.74) is 2.57. The molecule has 108 valence electrons. The predicted octanol–water partition coefficient (Wildman–Crippen LogP) is 2.99. The number of esters is 1. The molecule has 0 saturated carbocycles. The van der Waals surface area contributed by atoms with Crippen molar-refractivity contribution in [2.45, 2.75) is 20.1 Å². The normalized spacial score (nSPS) is 11.5. The van der Waals surface area contributed by atoms with E-state index < -0.39 is 12.2 Å². The number of hydrogen-bond acceptors (Lipinski definition) is 3. The van der Waals surface area contributed by atoms with Crippen LogP contribution in [0.25, 0.3) is 11.1 Å². The summed E-state index contributed by atoms with van der Waals surface area (Å²) in [7, 11) is 0. The van der Waals surface area contributed by atoms with Gasteiger partial charge in [-0.1, -0.05) is 42.5 Å². The summed E-state index contributed by atoms with van der Waals surface area (Å²) in [5.74, 6) is -0.703. The van der Waals surface area contributed by atoms with E-state index in [1.54, 1.807) is 19.1 Å². The van der Waals surface area contributed by atoms with Gasteiger partial charge in [0.05, 0.1) is 5.56 Å². The molecule has 1 N–H and O–H groups in total. The zero-order valence-corrected chi connectivity index (χ0v) is 12.0. The lowest BCUT2D eigenvalue weighted by Crippen LogP contribution is -2.34. The van der Waals surface area contributed by atoms with Gasteiger partial charge in [0.2, 0.25) is 5.91 Å². The molecule has 0 spiro atoms. The summed E-state index contributed by atoms with van der Waals surface area (Å²) >= 11 is 0. The summed E-state index contributed by atoms with van der Waals surface area (Å²) < 4.78 is 5.12. The molecular formula is C17H17NO3. The summed E-state index contributed by atoms with van der Waals surface area (Å²) in [6, 6.07) is 17.1. The van der Waals surface area contributed by atoms with Gasteiger partial charge in [0.1, 0.15) is 0 Å². The van der Waals surface area contributed by atoms with Crippen LogP contribution in [-0.2, 0) is 9.53 Å². The third-order valence-corrected chi connectivity index (χ3v) is 2.92. The largest absolute Gasteiger partial charge is 0.438 e. The highest BCUT2D eigenvalue weighted by Crippen LogP contribution is 2.19. The van der Waals surface area contributed by atoms with E-state index >= 15 is 0 Å². The van der Waals surface area contributed by atoms with Crippen LogP contribution in [0, 0.1) is 0 Å². The maximum Gasteiger partial charge on any atom is 0.340 e. The van der Waals surface area contributed by atoms with Gasteiger partial charge in [-0.3, -0.25) is 4.79 Å². The first kappa shape index (κ1) is 14.8. The molecule has 0 fully saturated rings. The Kier molecular flexibility index (Phi) is 4.72. The third kappa shape index (κ3) is 4.18. The van der Waals surface area contributed by atoms with E-state index in [1.165, 1.54) is 6.92 Å². The molecule has 2 rings (SSSR count). The van der Waals surface area contributed by atoms with Crippen molar-refractivity contribution in [3.05, 3.63) is 60.2 Å². The molecule has 1 atom stereocenters. The molecule has 0 bridgehead atoms. The van der Waals surface area contributed by atoms with Gasteiger partial charge in [0, 0.05) is 6.92 Å². The first-order valence-corrected chi connectivity index (χ1v) is 6.70. The summed E-state index contributed by atoms with van der Waals surface area (Å²) in [5, 5.41) is 2.50. The first-order valence-electron chi connectivity index (χ1n) is 6.70. The van der Waals surface area contributed by atoms with Crippen molar-refractivity contribution in [3.63, 3.8) is 0 Å². The number of ether oxygens (including phenoxy) is 1. The number of hydrogen-bond donors (Lipinski definition) is 1. The molecule has 21 heavy (non-hydrogen) atoms. The molecule has 4 heteroatoms. The molecule has 0 aliphatic rings. The van der Waals surface area contributed by atoms with Crippen molar-refractivity contribution in [2.24, 2.45) is 0 Å². The number of amides is 1. The average molecular weight is 283 g/mol. The molecule has 0 aliphatic carbocycles. The van der Waals surface area contributed by atoms with E-state index in [2.05, 4.69) is 5.32 Å². The van der Waals surface area contributed by atoms with E-state index in [0.29, 0.717) is 5.56 Å². The van der Waals surface area contributed by atoms with Gasteiger partial charge >= 0.3 is 5.97 Å². The first-order chi connectivity index (χ1) is 10.1. The zero-order chi connectivity index (χ0) is 15.2. The Morgan fingerprint density at radius 2 is 1.52 bits per heavy atom. The van der Waals surface area contributed by atoms with Crippen LogP contribution in [0.5, 0.6) is 0 Å². The summed E-state index contributed by atoms with van der Waals surface area (Å²) in [4.78, 5) is 22.8. The number of rotatable bonds is 4. The molecular weight excluding hydrogens is 266 g/mol. The Hall–Kier alpha value is -2.62. The van der Waals surface area contributed by atoms with Gasteiger partial charge in [0.15, 0.2) is 6.23 Å². The fraction of sp³-hybridized carbons (Fsp3) is 0.176. The second-order valence-electron chi connectivity index (χ2n) is 4.69. The van der Waals surface area contributed by atoms with Crippen LogP contribution >= 0.6 is 0 Å². The second-order valence-corrected chi connectivity index (χ2v) is 4.69. The Labute approximate surface area is 123 Å². The van der Waals surface area contributed by atoms with Crippen molar-refractivity contribution in [2.75, 3.05) is 0 Å². The Balaban J connectivity index is 2.05. The van der Waals surface area contributed by atoms with Crippen molar-refractivity contribution >= 4 is 11.9 Å². The molecule has 4 nitrogen and oxygen atoms in total. The van der Waals surface area contributed by atoms with Crippen LogP contribution < -0.4 is 5.32 Å². The molecule has 2 aromatic carbocycles. The lowest BCUT2D eigenvalue weighted by atomic mass is 10.0. The third-order valence-electron chi connectivity index (χ3n) is 2.92.